The van der Waals surface area contributed by atoms with Gasteiger partial charge < -0.3 is 13.9 Å². The zero-order chi connectivity index (χ0) is 20.2. The number of methoxy groups -OCH3 is 1. The van der Waals surface area contributed by atoms with Crippen LogP contribution in [0.4, 0.5) is 0 Å². The fourth-order valence-electron chi connectivity index (χ4n) is 2.89. The highest BCUT2D eigenvalue weighted by molar-refractivity contribution is 6.74. The Hall–Kier alpha value is -1.44. The van der Waals surface area contributed by atoms with Gasteiger partial charge in [0.15, 0.2) is 14.0 Å². The zero-order valence-corrected chi connectivity index (χ0v) is 18.8. The van der Waals surface area contributed by atoms with Gasteiger partial charge in [0.2, 0.25) is 0 Å². The van der Waals surface area contributed by atoms with Crippen LogP contribution in [0.5, 0.6) is 5.75 Å². The number of ether oxygens (including phenoxy) is 2. The summed E-state index contributed by atoms with van der Waals surface area (Å²) in [7, 11) is -0.103. The quantitative estimate of drug-likeness (QED) is 0.520. The van der Waals surface area contributed by atoms with E-state index < -0.39 is 14.3 Å². The van der Waals surface area contributed by atoms with Crippen molar-refractivity contribution in [3.63, 3.8) is 0 Å². The molecule has 1 aliphatic heterocycles. The molecule has 2 heterocycles. The molecule has 0 N–H and O–H groups in total. The zero-order valence-electron chi connectivity index (χ0n) is 17.8. The van der Waals surface area contributed by atoms with Gasteiger partial charge in [0.1, 0.15) is 5.75 Å². The number of rotatable bonds is 7. The first-order chi connectivity index (χ1) is 12.6. The molecular weight excluding hydrogens is 360 g/mol. The fraction of sp³-hybridized carbons (Fsp3) is 0.700. The van der Waals surface area contributed by atoms with Crippen molar-refractivity contribution in [3.05, 3.63) is 23.0 Å². The van der Waals surface area contributed by atoms with E-state index in [2.05, 4.69) is 43.7 Å². The van der Waals surface area contributed by atoms with E-state index in [-0.39, 0.29) is 5.04 Å². The van der Waals surface area contributed by atoms with Crippen molar-refractivity contribution in [1.29, 1.82) is 0 Å². The molecule has 0 radical (unpaired) electrons. The SMILES string of the molecule is CCOC(=O)c1cc(OC)c2c(n1)CN(CCO[Si](C)(C)C(C)(C)C)CC2. The van der Waals surface area contributed by atoms with Crippen LogP contribution in [-0.4, -0.2) is 57.6 Å². The second-order valence-corrected chi connectivity index (χ2v) is 13.3. The lowest BCUT2D eigenvalue weighted by atomic mass is 10.0. The maximum Gasteiger partial charge on any atom is 0.357 e. The summed E-state index contributed by atoms with van der Waals surface area (Å²) in [5.41, 5.74) is 2.30. The van der Waals surface area contributed by atoms with E-state index in [0.717, 1.165) is 43.1 Å². The van der Waals surface area contributed by atoms with Gasteiger partial charge in [-0.2, -0.15) is 0 Å². The third-order valence-electron chi connectivity index (χ3n) is 5.60. The molecule has 0 unspecified atom stereocenters. The highest BCUT2D eigenvalue weighted by atomic mass is 28.4. The van der Waals surface area contributed by atoms with E-state index in [1.165, 1.54) is 0 Å². The van der Waals surface area contributed by atoms with Crippen molar-refractivity contribution in [2.75, 3.05) is 33.4 Å². The molecule has 2 rings (SSSR count). The third kappa shape index (κ3) is 5.30. The molecule has 1 aromatic heterocycles. The summed E-state index contributed by atoms with van der Waals surface area (Å²) in [5, 5.41) is 0.213. The van der Waals surface area contributed by atoms with Gasteiger partial charge >= 0.3 is 5.97 Å². The second kappa shape index (κ2) is 8.71. The lowest BCUT2D eigenvalue weighted by molar-refractivity contribution is 0.0518. The normalized spacial score (nSPS) is 15.4. The molecule has 0 fully saturated rings. The first-order valence-corrected chi connectivity index (χ1v) is 12.6. The third-order valence-corrected chi connectivity index (χ3v) is 10.1. The van der Waals surface area contributed by atoms with Crippen LogP contribution in [0.2, 0.25) is 18.1 Å². The average Bonchev–Trinajstić information content (AvgIpc) is 2.59. The average molecular weight is 395 g/mol. The van der Waals surface area contributed by atoms with Crippen LogP contribution in [0.25, 0.3) is 0 Å². The van der Waals surface area contributed by atoms with Crippen LogP contribution in [0.15, 0.2) is 6.07 Å². The van der Waals surface area contributed by atoms with Gasteiger partial charge in [-0.3, -0.25) is 4.90 Å². The van der Waals surface area contributed by atoms with Crippen LogP contribution in [0, 0.1) is 0 Å². The predicted octanol–water partition coefficient (Wildman–Crippen LogP) is 3.65. The van der Waals surface area contributed by atoms with Crippen molar-refractivity contribution >= 4 is 14.3 Å². The van der Waals surface area contributed by atoms with E-state index in [9.17, 15) is 4.79 Å². The highest BCUT2D eigenvalue weighted by Gasteiger charge is 2.37. The Morgan fingerprint density at radius 2 is 2.04 bits per heavy atom. The molecule has 0 aliphatic carbocycles. The van der Waals surface area contributed by atoms with Crippen LogP contribution in [-0.2, 0) is 22.1 Å². The Morgan fingerprint density at radius 3 is 2.63 bits per heavy atom. The lowest BCUT2D eigenvalue weighted by Gasteiger charge is -2.37. The summed E-state index contributed by atoms with van der Waals surface area (Å²) in [6.45, 7) is 16.6. The molecule has 0 aromatic carbocycles. The van der Waals surface area contributed by atoms with Crippen molar-refractivity contribution in [2.24, 2.45) is 0 Å². The van der Waals surface area contributed by atoms with Crippen LogP contribution < -0.4 is 4.74 Å². The Kier molecular flexibility index (Phi) is 7.05. The van der Waals surface area contributed by atoms with Crippen molar-refractivity contribution in [1.82, 2.24) is 9.88 Å². The molecule has 1 aromatic rings. The summed E-state index contributed by atoms with van der Waals surface area (Å²) < 4.78 is 16.9. The lowest BCUT2D eigenvalue weighted by Crippen LogP contribution is -2.43. The van der Waals surface area contributed by atoms with Crippen LogP contribution >= 0.6 is 0 Å². The molecule has 0 saturated carbocycles. The van der Waals surface area contributed by atoms with E-state index in [1.807, 2.05) is 0 Å². The molecule has 152 valence electrons. The number of pyridine rings is 1. The van der Waals surface area contributed by atoms with E-state index in [0.29, 0.717) is 18.8 Å². The fourth-order valence-corrected chi connectivity index (χ4v) is 3.92. The van der Waals surface area contributed by atoms with Crippen molar-refractivity contribution in [2.45, 2.75) is 58.8 Å². The Bertz CT molecular complexity index is 671. The summed E-state index contributed by atoms with van der Waals surface area (Å²) in [4.78, 5) is 19.0. The predicted molar refractivity (Wildman–Crippen MR) is 109 cm³/mol. The summed E-state index contributed by atoms with van der Waals surface area (Å²) in [5.74, 6) is 0.317. The topological polar surface area (TPSA) is 60.9 Å². The molecule has 0 bridgehead atoms. The Balaban J connectivity index is 2.06. The van der Waals surface area contributed by atoms with E-state index in [1.54, 1.807) is 20.1 Å². The number of carbonyl (C=O) groups is 1. The Labute approximate surface area is 164 Å². The first-order valence-electron chi connectivity index (χ1n) is 9.69. The van der Waals surface area contributed by atoms with Crippen molar-refractivity contribution in [3.8, 4) is 5.75 Å². The molecule has 27 heavy (non-hydrogen) atoms. The second-order valence-electron chi connectivity index (χ2n) is 8.49. The van der Waals surface area contributed by atoms with Gasteiger partial charge in [-0.1, -0.05) is 20.8 Å². The summed E-state index contributed by atoms with van der Waals surface area (Å²) >= 11 is 0. The van der Waals surface area contributed by atoms with E-state index >= 15 is 0 Å². The number of esters is 1. The monoisotopic (exact) mass is 394 g/mol. The molecular formula is C20H34N2O4Si. The van der Waals surface area contributed by atoms with Gasteiger partial charge in [0.25, 0.3) is 0 Å². The van der Waals surface area contributed by atoms with Gasteiger partial charge in [-0.15, -0.1) is 0 Å². The summed E-state index contributed by atoms with van der Waals surface area (Å²) in [6, 6.07) is 1.69. The number of fused-ring (bicyclic) bond motifs is 1. The maximum atomic E-state index is 12.1. The Morgan fingerprint density at radius 1 is 1.33 bits per heavy atom. The van der Waals surface area contributed by atoms with Crippen LogP contribution in [0.1, 0.15) is 49.4 Å². The molecule has 6 nitrogen and oxygen atoms in total. The minimum absolute atomic E-state index is 0.213. The summed E-state index contributed by atoms with van der Waals surface area (Å²) in [6.07, 6.45) is 0.856. The van der Waals surface area contributed by atoms with Crippen molar-refractivity contribution < 1.29 is 18.7 Å². The first kappa shape index (κ1) is 21.9. The number of carbonyl (C=O) groups excluding carboxylic acids is 1. The largest absolute Gasteiger partial charge is 0.496 e. The maximum absolute atomic E-state index is 12.1. The number of hydrogen-bond donors (Lipinski definition) is 0. The minimum atomic E-state index is -1.73. The van der Waals surface area contributed by atoms with Gasteiger partial charge in [0.05, 0.1) is 19.4 Å². The van der Waals surface area contributed by atoms with Crippen LogP contribution in [0.3, 0.4) is 0 Å². The van der Waals surface area contributed by atoms with Gasteiger partial charge in [-0.25, -0.2) is 9.78 Å². The van der Waals surface area contributed by atoms with Gasteiger partial charge in [-0.05, 0) is 31.5 Å². The standard InChI is InChI=1S/C20H34N2O4Si/c1-8-25-19(23)16-13-18(24-5)15-9-10-22(14-17(15)21-16)11-12-26-27(6,7)20(2,3)4/h13H,8-12,14H2,1-7H3. The number of nitrogens with zero attached hydrogens (tertiary/aromatic N) is 2. The smallest absolute Gasteiger partial charge is 0.357 e. The highest BCUT2D eigenvalue weighted by Crippen LogP contribution is 2.36. The molecule has 0 saturated heterocycles. The molecule has 7 heteroatoms. The number of aromatic nitrogens is 1. The molecule has 1 aliphatic rings. The molecule has 0 amide bonds. The minimum Gasteiger partial charge on any atom is -0.496 e. The van der Waals surface area contributed by atoms with E-state index in [4.69, 9.17) is 13.9 Å². The molecule has 0 spiro atoms. The number of hydrogen-bond acceptors (Lipinski definition) is 6. The molecule has 0 atom stereocenters. The van der Waals surface area contributed by atoms with Gasteiger partial charge in [0, 0.05) is 37.9 Å².